The second kappa shape index (κ2) is 5.79. The minimum Gasteiger partial charge on any atom is -0.171 e. The molecule has 0 aliphatic rings. The summed E-state index contributed by atoms with van der Waals surface area (Å²) in [5.41, 5.74) is 1.20. The average Bonchev–Trinajstić information content (AvgIpc) is 2.17. The number of benzene rings is 1. The molecule has 0 aliphatic heterocycles. The Kier molecular flexibility index (Phi) is 4.66. The highest BCUT2D eigenvalue weighted by atomic mass is 19.4. The van der Waals surface area contributed by atoms with Crippen LogP contribution in [-0.2, 0) is 6.42 Å². The lowest BCUT2D eigenvalue weighted by Gasteiger charge is -2.05. The van der Waals surface area contributed by atoms with E-state index in [1.54, 1.807) is 0 Å². The Morgan fingerprint density at radius 2 is 1.53 bits per heavy atom. The zero-order valence-electron chi connectivity index (χ0n) is 8.56. The van der Waals surface area contributed by atoms with Gasteiger partial charge < -0.3 is 0 Å². The van der Waals surface area contributed by atoms with Crippen molar-refractivity contribution in [1.29, 1.82) is 0 Å². The van der Waals surface area contributed by atoms with Gasteiger partial charge in [0, 0.05) is 6.42 Å². The highest BCUT2D eigenvalue weighted by Crippen LogP contribution is 2.22. The number of hydrogen-bond acceptors (Lipinski definition) is 0. The molecule has 0 N–H and O–H groups in total. The summed E-state index contributed by atoms with van der Waals surface area (Å²) < 4.78 is 35.4. The number of unbranched alkanes of at least 4 members (excludes halogenated alkanes) is 2. The molecule has 0 nitrogen and oxygen atoms in total. The van der Waals surface area contributed by atoms with Crippen LogP contribution in [0.2, 0.25) is 0 Å². The maximum atomic E-state index is 11.8. The molecule has 0 saturated carbocycles. The van der Waals surface area contributed by atoms with Gasteiger partial charge in [0.2, 0.25) is 0 Å². The third-order valence-electron chi connectivity index (χ3n) is 2.27. The summed E-state index contributed by atoms with van der Waals surface area (Å²) in [4.78, 5) is 0. The molecule has 0 heterocycles. The van der Waals surface area contributed by atoms with Gasteiger partial charge in [-0.15, -0.1) is 0 Å². The molecule has 0 spiro atoms. The second-order valence-corrected chi connectivity index (χ2v) is 3.66. The molecule has 0 saturated heterocycles. The van der Waals surface area contributed by atoms with Gasteiger partial charge in [-0.1, -0.05) is 36.8 Å². The van der Waals surface area contributed by atoms with Gasteiger partial charge in [0.15, 0.2) is 0 Å². The van der Waals surface area contributed by atoms with Crippen LogP contribution in [0, 0.1) is 0 Å². The highest BCUT2D eigenvalue weighted by Gasteiger charge is 2.25. The smallest absolute Gasteiger partial charge is 0.171 e. The summed E-state index contributed by atoms with van der Waals surface area (Å²) in [5, 5.41) is 0. The molecule has 15 heavy (non-hydrogen) atoms. The van der Waals surface area contributed by atoms with E-state index in [2.05, 4.69) is 0 Å². The van der Waals surface area contributed by atoms with E-state index >= 15 is 0 Å². The SMILES string of the molecule is FC(F)(F)CCCCCc1ccccc1. The molecule has 0 amide bonds. The van der Waals surface area contributed by atoms with Crippen LogP contribution in [0.3, 0.4) is 0 Å². The molecule has 84 valence electrons. The maximum Gasteiger partial charge on any atom is 0.389 e. The van der Waals surface area contributed by atoms with E-state index in [-0.39, 0.29) is 6.42 Å². The average molecular weight is 216 g/mol. The summed E-state index contributed by atoms with van der Waals surface area (Å²) in [6.07, 6.45) is -2.04. The minimum atomic E-state index is -3.99. The molecular weight excluding hydrogens is 201 g/mol. The normalized spacial score (nSPS) is 11.7. The van der Waals surface area contributed by atoms with E-state index in [9.17, 15) is 13.2 Å². The Morgan fingerprint density at radius 3 is 2.13 bits per heavy atom. The molecule has 0 radical (unpaired) electrons. The van der Waals surface area contributed by atoms with Crippen molar-refractivity contribution in [2.75, 3.05) is 0 Å². The van der Waals surface area contributed by atoms with Crippen LogP contribution in [0.5, 0.6) is 0 Å². The molecule has 1 aromatic rings. The molecule has 0 unspecified atom stereocenters. The zero-order chi connectivity index (χ0) is 11.1. The van der Waals surface area contributed by atoms with Gasteiger partial charge in [-0.25, -0.2) is 0 Å². The van der Waals surface area contributed by atoms with Gasteiger partial charge in [-0.3, -0.25) is 0 Å². The maximum absolute atomic E-state index is 11.8. The van der Waals surface area contributed by atoms with Crippen molar-refractivity contribution in [3.8, 4) is 0 Å². The summed E-state index contributed by atoms with van der Waals surface area (Å²) in [6.45, 7) is 0. The van der Waals surface area contributed by atoms with Crippen molar-refractivity contribution >= 4 is 0 Å². The lowest BCUT2D eigenvalue weighted by Crippen LogP contribution is -2.06. The van der Waals surface area contributed by atoms with Crippen molar-refractivity contribution in [2.45, 2.75) is 38.3 Å². The van der Waals surface area contributed by atoms with Gasteiger partial charge in [0.25, 0.3) is 0 Å². The molecule has 1 rings (SSSR count). The summed E-state index contributed by atoms with van der Waals surface area (Å²) in [7, 11) is 0. The van der Waals surface area contributed by atoms with Crippen molar-refractivity contribution in [2.24, 2.45) is 0 Å². The molecule has 3 heteroatoms. The van der Waals surface area contributed by atoms with Gasteiger partial charge in [-0.05, 0) is 24.8 Å². The van der Waals surface area contributed by atoms with Crippen LogP contribution in [0.25, 0.3) is 0 Å². The predicted octanol–water partition coefficient (Wildman–Crippen LogP) is 4.35. The first-order chi connectivity index (χ1) is 7.08. The standard InChI is InChI=1S/C12H15F3/c13-12(14,15)10-6-2-5-9-11-7-3-1-4-8-11/h1,3-4,7-8H,2,5-6,9-10H2. The Labute approximate surface area is 88.1 Å². The monoisotopic (exact) mass is 216 g/mol. The third kappa shape index (κ3) is 6.15. The number of rotatable bonds is 5. The van der Waals surface area contributed by atoms with Crippen molar-refractivity contribution in [1.82, 2.24) is 0 Å². The van der Waals surface area contributed by atoms with E-state index < -0.39 is 12.6 Å². The summed E-state index contributed by atoms with van der Waals surface area (Å²) in [6, 6.07) is 9.84. The Morgan fingerprint density at radius 1 is 0.867 bits per heavy atom. The van der Waals surface area contributed by atoms with Crippen LogP contribution >= 0.6 is 0 Å². The van der Waals surface area contributed by atoms with Crippen LogP contribution in [0.4, 0.5) is 13.2 Å². The van der Waals surface area contributed by atoms with E-state index in [0.29, 0.717) is 6.42 Å². The first kappa shape index (κ1) is 12.1. The number of alkyl halides is 3. The zero-order valence-corrected chi connectivity index (χ0v) is 8.56. The molecule has 1 aromatic carbocycles. The highest BCUT2D eigenvalue weighted by molar-refractivity contribution is 5.14. The predicted molar refractivity (Wildman–Crippen MR) is 54.7 cm³/mol. The molecule has 0 atom stereocenters. The largest absolute Gasteiger partial charge is 0.389 e. The molecule has 0 aliphatic carbocycles. The van der Waals surface area contributed by atoms with E-state index in [4.69, 9.17) is 0 Å². The van der Waals surface area contributed by atoms with Crippen LogP contribution in [0.15, 0.2) is 30.3 Å². The van der Waals surface area contributed by atoms with E-state index in [1.807, 2.05) is 30.3 Å². The van der Waals surface area contributed by atoms with Crippen molar-refractivity contribution in [3.05, 3.63) is 35.9 Å². The number of halogens is 3. The first-order valence-corrected chi connectivity index (χ1v) is 5.18. The first-order valence-electron chi connectivity index (χ1n) is 5.18. The third-order valence-corrected chi connectivity index (χ3v) is 2.27. The van der Waals surface area contributed by atoms with Gasteiger partial charge in [-0.2, -0.15) is 13.2 Å². The second-order valence-electron chi connectivity index (χ2n) is 3.66. The van der Waals surface area contributed by atoms with Crippen LogP contribution < -0.4 is 0 Å². The van der Waals surface area contributed by atoms with Gasteiger partial charge in [0.05, 0.1) is 0 Å². The minimum absolute atomic E-state index is 0.246. The van der Waals surface area contributed by atoms with Crippen LogP contribution in [-0.4, -0.2) is 6.18 Å². The quantitative estimate of drug-likeness (QED) is 0.642. The number of aryl methyl sites for hydroxylation is 1. The fraction of sp³-hybridized carbons (Fsp3) is 0.500. The molecular formula is C12H15F3. The fourth-order valence-corrected chi connectivity index (χ4v) is 1.48. The van der Waals surface area contributed by atoms with Crippen molar-refractivity contribution in [3.63, 3.8) is 0 Å². The van der Waals surface area contributed by atoms with E-state index in [1.165, 1.54) is 5.56 Å². The topological polar surface area (TPSA) is 0 Å². The number of hydrogen-bond donors (Lipinski definition) is 0. The summed E-state index contributed by atoms with van der Waals surface area (Å²) >= 11 is 0. The Bertz CT molecular complexity index is 264. The Balaban J connectivity index is 2.08. The van der Waals surface area contributed by atoms with Gasteiger partial charge >= 0.3 is 6.18 Å². The lowest BCUT2D eigenvalue weighted by atomic mass is 10.1. The summed E-state index contributed by atoms with van der Waals surface area (Å²) in [5.74, 6) is 0. The van der Waals surface area contributed by atoms with E-state index in [0.717, 1.165) is 12.8 Å². The van der Waals surface area contributed by atoms with Crippen molar-refractivity contribution < 1.29 is 13.2 Å². The van der Waals surface area contributed by atoms with Crippen LogP contribution in [0.1, 0.15) is 31.2 Å². The molecule has 0 aromatic heterocycles. The van der Waals surface area contributed by atoms with Gasteiger partial charge in [0.1, 0.15) is 0 Å². The fourth-order valence-electron chi connectivity index (χ4n) is 1.48. The molecule has 0 fully saturated rings. The Hall–Kier alpha value is -0.990. The lowest BCUT2D eigenvalue weighted by molar-refractivity contribution is -0.135. The molecule has 0 bridgehead atoms.